The quantitative estimate of drug-likeness (QED) is 0.895. The highest BCUT2D eigenvalue weighted by atomic mass is 19.1. The van der Waals surface area contributed by atoms with E-state index in [1.54, 1.807) is 32.9 Å². The minimum absolute atomic E-state index is 0.203. The molecule has 0 spiro atoms. The number of para-hydroxylation sites is 1. The molecule has 3 rings (SSSR count). The predicted octanol–water partition coefficient (Wildman–Crippen LogP) is 2.88. The van der Waals surface area contributed by atoms with Gasteiger partial charge in [-0.15, -0.1) is 0 Å². The number of hydrogen-bond donors (Lipinski definition) is 2. The third-order valence-electron chi connectivity index (χ3n) is 4.41. The van der Waals surface area contributed by atoms with Crippen LogP contribution < -0.4 is 0 Å². The van der Waals surface area contributed by atoms with Crippen LogP contribution in [0.25, 0.3) is 11.0 Å². The minimum Gasteiger partial charge on any atom is -0.388 e. The molecule has 114 valence electrons. The van der Waals surface area contributed by atoms with E-state index in [0.717, 1.165) is 12.8 Å². The fourth-order valence-electron chi connectivity index (χ4n) is 3.37. The molecule has 4 nitrogen and oxygen atoms in total. The molecule has 1 aromatic carbocycles. The van der Waals surface area contributed by atoms with E-state index in [4.69, 9.17) is 0 Å². The van der Waals surface area contributed by atoms with Crippen molar-refractivity contribution in [2.24, 2.45) is 0 Å². The van der Waals surface area contributed by atoms with Gasteiger partial charge in [-0.3, -0.25) is 0 Å². The molecule has 1 heterocycles. The van der Waals surface area contributed by atoms with Crippen molar-refractivity contribution in [1.82, 2.24) is 9.55 Å². The Labute approximate surface area is 123 Å². The van der Waals surface area contributed by atoms with Gasteiger partial charge in [0.05, 0.1) is 17.2 Å². The molecule has 1 aliphatic carbocycles. The monoisotopic (exact) mass is 292 g/mol. The maximum absolute atomic E-state index is 14.0. The fourth-order valence-corrected chi connectivity index (χ4v) is 3.37. The summed E-state index contributed by atoms with van der Waals surface area (Å²) in [6.45, 7) is 5.06. The molecule has 1 saturated carbocycles. The number of fused-ring (bicyclic) bond motifs is 1. The van der Waals surface area contributed by atoms with E-state index in [1.807, 2.05) is 4.57 Å². The topological polar surface area (TPSA) is 58.3 Å². The Hall–Kier alpha value is -1.46. The first kappa shape index (κ1) is 14.5. The molecule has 1 aromatic heterocycles. The lowest BCUT2D eigenvalue weighted by molar-refractivity contribution is 0.0158. The van der Waals surface area contributed by atoms with Crippen LogP contribution in [-0.4, -0.2) is 25.4 Å². The Bertz CT molecular complexity index is 685. The fraction of sp³-hybridized carbons (Fsp3) is 0.562. The van der Waals surface area contributed by atoms with Gasteiger partial charge in [-0.25, -0.2) is 9.37 Å². The van der Waals surface area contributed by atoms with Gasteiger partial charge >= 0.3 is 0 Å². The van der Waals surface area contributed by atoms with Gasteiger partial charge in [0.15, 0.2) is 5.82 Å². The Kier molecular flexibility index (Phi) is 3.11. The molecule has 1 fully saturated rings. The van der Waals surface area contributed by atoms with Crippen molar-refractivity contribution in [3.63, 3.8) is 0 Å². The molecule has 0 radical (unpaired) electrons. The molecule has 0 unspecified atom stereocenters. The zero-order chi connectivity index (χ0) is 15.4. The van der Waals surface area contributed by atoms with E-state index < -0.39 is 17.0 Å². The van der Waals surface area contributed by atoms with Gasteiger partial charge < -0.3 is 14.8 Å². The minimum atomic E-state index is -1.20. The maximum atomic E-state index is 14.0. The van der Waals surface area contributed by atoms with Crippen LogP contribution in [-0.2, 0) is 5.60 Å². The Balaban J connectivity index is 2.31. The number of imidazole rings is 1. The summed E-state index contributed by atoms with van der Waals surface area (Å²) in [4.78, 5) is 4.32. The summed E-state index contributed by atoms with van der Waals surface area (Å²) in [6.07, 6.45) is 2.38. The van der Waals surface area contributed by atoms with Crippen LogP contribution in [0.1, 0.15) is 51.9 Å². The van der Waals surface area contributed by atoms with Crippen molar-refractivity contribution in [3.8, 4) is 0 Å². The number of hydrogen-bond acceptors (Lipinski definition) is 3. The predicted molar refractivity (Wildman–Crippen MR) is 78.4 cm³/mol. The number of aromatic nitrogens is 2. The average molecular weight is 292 g/mol. The van der Waals surface area contributed by atoms with Gasteiger partial charge in [-0.1, -0.05) is 6.07 Å². The molecule has 0 bridgehead atoms. The summed E-state index contributed by atoms with van der Waals surface area (Å²) in [5, 5.41) is 21.0. The van der Waals surface area contributed by atoms with Gasteiger partial charge in [0.25, 0.3) is 0 Å². The lowest BCUT2D eigenvalue weighted by Crippen LogP contribution is -2.34. The zero-order valence-electron chi connectivity index (χ0n) is 12.6. The lowest BCUT2D eigenvalue weighted by atomic mass is 9.99. The highest BCUT2D eigenvalue weighted by molar-refractivity contribution is 5.77. The van der Waals surface area contributed by atoms with Crippen LogP contribution in [0.3, 0.4) is 0 Å². The second-order valence-electron chi connectivity index (χ2n) is 6.74. The number of nitrogens with zero attached hydrogens (tertiary/aromatic N) is 2. The summed E-state index contributed by atoms with van der Waals surface area (Å²) in [5.74, 6) is -0.0100. The maximum Gasteiger partial charge on any atom is 0.151 e. The van der Waals surface area contributed by atoms with Crippen LogP contribution in [0.4, 0.5) is 4.39 Å². The molecule has 0 amide bonds. The number of rotatable bonds is 2. The second kappa shape index (κ2) is 4.52. The molecule has 0 aliphatic heterocycles. The van der Waals surface area contributed by atoms with Crippen molar-refractivity contribution in [2.45, 2.75) is 57.3 Å². The van der Waals surface area contributed by atoms with Crippen LogP contribution in [0.5, 0.6) is 0 Å². The van der Waals surface area contributed by atoms with Gasteiger partial charge in [0, 0.05) is 0 Å². The van der Waals surface area contributed by atoms with Gasteiger partial charge in [-0.2, -0.15) is 0 Å². The van der Waals surface area contributed by atoms with Crippen molar-refractivity contribution in [1.29, 1.82) is 0 Å². The average Bonchev–Trinajstić information content (AvgIpc) is 2.89. The SMILES string of the molecule is CC(C)(O)c1nc2c(F)cccc2n1[C@@H]1CCC[C@@]1(C)O. The largest absolute Gasteiger partial charge is 0.388 e. The molecule has 2 N–H and O–H groups in total. The first-order valence-electron chi connectivity index (χ1n) is 7.33. The summed E-state index contributed by atoms with van der Waals surface area (Å²) in [5.41, 5.74) is -1.21. The van der Waals surface area contributed by atoms with E-state index in [0.29, 0.717) is 17.8 Å². The first-order valence-corrected chi connectivity index (χ1v) is 7.33. The summed E-state index contributed by atoms with van der Waals surface area (Å²) < 4.78 is 15.9. The van der Waals surface area contributed by atoms with E-state index in [1.165, 1.54) is 6.07 Å². The standard InChI is InChI=1S/C16H21FN2O2/c1-15(2,20)14-18-13-10(17)6-4-7-11(13)19(14)12-8-5-9-16(12,3)21/h4,6-7,12,20-21H,5,8-9H2,1-3H3/t12-,16-/m1/s1. The third kappa shape index (κ3) is 2.24. The van der Waals surface area contributed by atoms with Crippen molar-refractivity contribution >= 4 is 11.0 Å². The summed E-state index contributed by atoms with van der Waals surface area (Å²) >= 11 is 0. The lowest BCUT2D eigenvalue weighted by Gasteiger charge is -2.31. The molecule has 5 heteroatoms. The zero-order valence-corrected chi connectivity index (χ0v) is 12.6. The summed E-state index contributed by atoms with van der Waals surface area (Å²) in [7, 11) is 0. The molecular weight excluding hydrogens is 271 g/mol. The Morgan fingerprint density at radius 2 is 2.14 bits per heavy atom. The molecular formula is C16H21FN2O2. The number of benzene rings is 1. The highest BCUT2D eigenvalue weighted by Gasteiger charge is 2.41. The van der Waals surface area contributed by atoms with Gasteiger partial charge in [-0.05, 0) is 52.2 Å². The van der Waals surface area contributed by atoms with Gasteiger partial charge in [0.2, 0.25) is 0 Å². The van der Waals surface area contributed by atoms with E-state index in [2.05, 4.69) is 4.98 Å². The first-order chi connectivity index (χ1) is 9.72. The van der Waals surface area contributed by atoms with E-state index in [-0.39, 0.29) is 11.6 Å². The van der Waals surface area contributed by atoms with Crippen LogP contribution in [0.15, 0.2) is 18.2 Å². The Morgan fingerprint density at radius 3 is 2.71 bits per heavy atom. The third-order valence-corrected chi connectivity index (χ3v) is 4.41. The molecule has 0 saturated heterocycles. The highest BCUT2D eigenvalue weighted by Crippen LogP contribution is 2.43. The van der Waals surface area contributed by atoms with E-state index in [9.17, 15) is 14.6 Å². The molecule has 21 heavy (non-hydrogen) atoms. The molecule has 1 aliphatic rings. The smallest absolute Gasteiger partial charge is 0.151 e. The number of halogens is 1. The normalized spacial score (nSPS) is 26.7. The second-order valence-corrected chi connectivity index (χ2v) is 6.74. The molecule has 2 aromatic rings. The summed E-state index contributed by atoms with van der Waals surface area (Å²) in [6, 6.07) is 4.58. The van der Waals surface area contributed by atoms with Crippen LogP contribution in [0.2, 0.25) is 0 Å². The van der Waals surface area contributed by atoms with E-state index >= 15 is 0 Å². The number of aliphatic hydroxyl groups is 2. The van der Waals surface area contributed by atoms with Crippen molar-refractivity contribution < 1.29 is 14.6 Å². The Morgan fingerprint density at radius 1 is 1.43 bits per heavy atom. The van der Waals surface area contributed by atoms with Crippen molar-refractivity contribution in [3.05, 3.63) is 29.8 Å². The van der Waals surface area contributed by atoms with Crippen molar-refractivity contribution in [2.75, 3.05) is 0 Å². The molecule has 2 atom stereocenters. The van der Waals surface area contributed by atoms with Crippen LogP contribution in [0, 0.1) is 5.82 Å². The van der Waals surface area contributed by atoms with Crippen LogP contribution >= 0.6 is 0 Å². The van der Waals surface area contributed by atoms with Gasteiger partial charge in [0.1, 0.15) is 16.9 Å².